The van der Waals surface area contributed by atoms with E-state index in [2.05, 4.69) is 27.4 Å². The van der Waals surface area contributed by atoms with Gasteiger partial charge < -0.3 is 36.2 Å². The number of thiazole rings is 1. The van der Waals surface area contributed by atoms with Gasteiger partial charge in [-0.05, 0) is 89.0 Å². The van der Waals surface area contributed by atoms with Gasteiger partial charge in [0.15, 0.2) is 6.10 Å². The Morgan fingerprint density at radius 3 is 2.33 bits per heavy atom. The number of carbonyl (C=O) groups is 5. The van der Waals surface area contributed by atoms with Crippen LogP contribution in [-0.4, -0.2) is 105 Å². The topological polar surface area (TPSA) is 204 Å². The van der Waals surface area contributed by atoms with Crippen molar-refractivity contribution >= 4 is 41.0 Å². The second-order valence-electron chi connectivity index (χ2n) is 17.7. The molecule has 60 heavy (non-hydrogen) atoms. The molecular weight excluding hydrogens is 785 g/mol. The van der Waals surface area contributed by atoms with E-state index in [0.29, 0.717) is 43.9 Å². The number of aliphatic carboxylic acids is 1. The summed E-state index contributed by atoms with van der Waals surface area (Å²) in [6.45, 7) is 18.9. The Morgan fingerprint density at radius 1 is 1.07 bits per heavy atom. The molecule has 0 spiro atoms. The van der Waals surface area contributed by atoms with Crippen molar-refractivity contribution in [1.29, 1.82) is 0 Å². The van der Waals surface area contributed by atoms with Crippen LogP contribution >= 0.6 is 11.3 Å². The lowest BCUT2D eigenvalue weighted by Crippen LogP contribution is -2.61. The molecule has 1 aliphatic heterocycles. The summed E-state index contributed by atoms with van der Waals surface area (Å²) in [6, 6.07) is 4.74. The van der Waals surface area contributed by atoms with Crippen molar-refractivity contribution in [2.24, 2.45) is 23.0 Å². The molecule has 0 radical (unpaired) electrons. The molecule has 0 unspecified atom stereocenters. The third-order valence-corrected chi connectivity index (χ3v) is 13.0. The molecule has 1 aliphatic rings. The Hall–Kier alpha value is -4.08. The van der Waals surface area contributed by atoms with Crippen molar-refractivity contribution in [2.45, 2.75) is 156 Å². The fourth-order valence-electron chi connectivity index (χ4n) is 8.07. The maximum atomic E-state index is 15.0. The van der Waals surface area contributed by atoms with Crippen LogP contribution in [0.1, 0.15) is 147 Å². The highest BCUT2D eigenvalue weighted by molar-refractivity contribution is 7.09. The van der Waals surface area contributed by atoms with Crippen molar-refractivity contribution in [3.05, 3.63) is 45.9 Å². The van der Waals surface area contributed by atoms with Gasteiger partial charge >= 0.3 is 11.9 Å². The van der Waals surface area contributed by atoms with Crippen LogP contribution in [0.15, 0.2) is 29.6 Å². The minimum Gasteiger partial charge on any atom is -0.508 e. The van der Waals surface area contributed by atoms with Gasteiger partial charge in [0.1, 0.15) is 22.5 Å². The van der Waals surface area contributed by atoms with Gasteiger partial charge in [0, 0.05) is 50.4 Å². The Morgan fingerprint density at radius 2 is 1.75 bits per heavy atom. The standard InChI is InChI=1S/C45H72N6O8S/c1-10-12-13-14-23-51(41(55)38(30(5)11-2)49-42(56)45(9)20-15-22-50(45)24-21-46)36(29(3)4)26-37(59-31(6)52)40-48-35(28-60-40)39(54)47-33(27-44(7,8)43(57)58)25-32-16-18-34(53)19-17-32/h16-19,28-30,33,36-38,53H,10-15,20-27,46H2,1-9H3,(H,47,54)(H,49,56)(H,57,58)/t30-,33-,36+,37+,38-,45+/m0/s1. The normalized spacial score (nSPS) is 18.3. The summed E-state index contributed by atoms with van der Waals surface area (Å²) in [5, 5.41) is 27.8. The molecule has 336 valence electrons. The molecule has 14 nitrogen and oxygen atoms in total. The summed E-state index contributed by atoms with van der Waals surface area (Å²) in [5.74, 6) is -2.55. The Kier molecular flexibility index (Phi) is 19.5. The highest BCUT2D eigenvalue weighted by Gasteiger charge is 2.45. The summed E-state index contributed by atoms with van der Waals surface area (Å²) in [5.41, 5.74) is 4.88. The van der Waals surface area contributed by atoms with Gasteiger partial charge in [-0.3, -0.25) is 28.9 Å². The number of phenolic OH excluding ortho intramolecular Hbond substituents is 1. The lowest BCUT2D eigenvalue weighted by Gasteiger charge is -2.41. The molecule has 0 bridgehead atoms. The van der Waals surface area contributed by atoms with Crippen LogP contribution in [-0.2, 0) is 30.3 Å². The molecule has 2 aromatic rings. The molecule has 3 amide bonds. The molecule has 6 N–H and O–H groups in total. The zero-order chi connectivity index (χ0) is 44.8. The Labute approximate surface area is 361 Å². The number of rotatable bonds is 25. The van der Waals surface area contributed by atoms with Gasteiger partial charge in [-0.25, -0.2) is 4.98 Å². The number of ether oxygens (including phenoxy) is 1. The van der Waals surface area contributed by atoms with Crippen LogP contribution in [0.2, 0.25) is 0 Å². The lowest BCUT2D eigenvalue weighted by atomic mass is 9.84. The fourth-order valence-corrected chi connectivity index (χ4v) is 8.91. The molecule has 0 aliphatic carbocycles. The van der Waals surface area contributed by atoms with Crippen LogP contribution in [0.3, 0.4) is 0 Å². The predicted octanol–water partition coefficient (Wildman–Crippen LogP) is 6.46. The van der Waals surface area contributed by atoms with E-state index in [0.717, 1.165) is 44.2 Å². The number of phenols is 1. The molecule has 1 aromatic carbocycles. The monoisotopic (exact) mass is 857 g/mol. The average Bonchev–Trinajstić information content (AvgIpc) is 3.84. The summed E-state index contributed by atoms with van der Waals surface area (Å²) in [4.78, 5) is 76.3. The number of carbonyl (C=O) groups excluding carboxylic acids is 4. The van der Waals surface area contributed by atoms with Gasteiger partial charge in [-0.2, -0.15) is 0 Å². The van der Waals surface area contributed by atoms with E-state index in [9.17, 15) is 34.2 Å². The Balaban J connectivity index is 1.96. The summed E-state index contributed by atoms with van der Waals surface area (Å²) in [7, 11) is 0. The number of nitrogens with zero attached hydrogens (tertiary/aromatic N) is 3. The average molecular weight is 857 g/mol. The largest absolute Gasteiger partial charge is 0.508 e. The Bertz CT molecular complexity index is 1720. The molecule has 3 rings (SSSR count). The van der Waals surface area contributed by atoms with Crippen molar-refractivity contribution in [3.8, 4) is 5.75 Å². The second-order valence-corrected chi connectivity index (χ2v) is 18.6. The minimum atomic E-state index is -1.15. The number of carboxylic acid groups (broad SMARTS) is 1. The van der Waals surface area contributed by atoms with Crippen molar-refractivity contribution in [2.75, 3.05) is 26.2 Å². The highest BCUT2D eigenvalue weighted by Crippen LogP contribution is 2.33. The zero-order valence-corrected chi connectivity index (χ0v) is 38.2. The molecule has 6 atom stereocenters. The number of esters is 1. The van der Waals surface area contributed by atoms with E-state index in [4.69, 9.17) is 10.5 Å². The number of benzene rings is 1. The number of aromatic nitrogens is 1. The molecule has 1 fully saturated rings. The van der Waals surface area contributed by atoms with Crippen LogP contribution in [0.25, 0.3) is 0 Å². The summed E-state index contributed by atoms with van der Waals surface area (Å²) < 4.78 is 5.92. The minimum absolute atomic E-state index is 0.0835. The number of amides is 3. The van der Waals surface area contributed by atoms with E-state index in [-0.39, 0.29) is 47.9 Å². The SMILES string of the molecule is CCCCCCN(C(=O)[C@@H](NC(=O)[C@@]1(C)CCCN1CCN)[C@@H](C)CC)[C@H](C[C@@H](OC(C)=O)c1nc(C(=O)N[C@@H](Cc2ccc(O)cc2)CC(C)(C)C(=O)O)cs1)C(C)C. The smallest absolute Gasteiger partial charge is 0.309 e. The van der Waals surface area contributed by atoms with Crippen molar-refractivity contribution < 1.29 is 38.9 Å². The number of nitrogens with two attached hydrogens (primary N) is 1. The van der Waals surface area contributed by atoms with E-state index in [1.165, 1.54) is 30.4 Å². The number of carboxylic acids is 1. The first-order valence-electron chi connectivity index (χ1n) is 21.8. The lowest BCUT2D eigenvalue weighted by molar-refractivity contribution is -0.150. The number of likely N-dealkylation sites (tertiary alicyclic amines) is 1. The number of nitrogens with one attached hydrogen (secondary N) is 2. The fraction of sp³-hybridized carbons (Fsp3) is 0.689. The third-order valence-electron chi connectivity index (χ3n) is 12.0. The molecular formula is C45H72N6O8S. The summed E-state index contributed by atoms with van der Waals surface area (Å²) in [6.07, 6.45) is 5.70. The first kappa shape index (κ1) is 50.3. The molecule has 2 heterocycles. The third kappa shape index (κ3) is 14.0. The quantitative estimate of drug-likeness (QED) is 0.0541. The van der Waals surface area contributed by atoms with E-state index < -0.39 is 53.0 Å². The highest BCUT2D eigenvalue weighted by atomic mass is 32.1. The van der Waals surface area contributed by atoms with Crippen molar-refractivity contribution in [1.82, 2.24) is 25.4 Å². The second kappa shape index (κ2) is 23.2. The molecule has 1 saturated heterocycles. The van der Waals surface area contributed by atoms with Crippen LogP contribution in [0, 0.1) is 17.3 Å². The maximum absolute atomic E-state index is 15.0. The number of hydrogen-bond donors (Lipinski definition) is 5. The van der Waals surface area contributed by atoms with Gasteiger partial charge in [-0.1, -0.05) is 72.4 Å². The van der Waals surface area contributed by atoms with Crippen molar-refractivity contribution in [3.63, 3.8) is 0 Å². The van der Waals surface area contributed by atoms with Crippen LogP contribution in [0.5, 0.6) is 5.75 Å². The van der Waals surface area contributed by atoms with E-state index >= 15 is 0 Å². The number of hydrogen-bond acceptors (Lipinski definition) is 11. The van der Waals surface area contributed by atoms with Gasteiger partial charge in [0.25, 0.3) is 5.91 Å². The van der Waals surface area contributed by atoms with Gasteiger partial charge in [0.2, 0.25) is 11.8 Å². The van der Waals surface area contributed by atoms with Gasteiger partial charge in [0.05, 0.1) is 11.0 Å². The molecule has 15 heteroatoms. The zero-order valence-electron chi connectivity index (χ0n) is 37.4. The van der Waals surface area contributed by atoms with E-state index in [1.807, 2.05) is 39.5 Å². The molecule has 0 saturated carbocycles. The first-order valence-corrected chi connectivity index (χ1v) is 22.7. The van der Waals surface area contributed by atoms with E-state index in [1.54, 1.807) is 31.4 Å². The van der Waals surface area contributed by atoms with Crippen LogP contribution < -0.4 is 16.4 Å². The first-order chi connectivity index (χ1) is 28.3. The molecule has 1 aromatic heterocycles. The van der Waals surface area contributed by atoms with Gasteiger partial charge in [-0.15, -0.1) is 11.3 Å². The summed E-state index contributed by atoms with van der Waals surface area (Å²) >= 11 is 1.17. The predicted molar refractivity (Wildman–Crippen MR) is 234 cm³/mol. The maximum Gasteiger partial charge on any atom is 0.309 e. The number of unbranched alkanes of at least 4 members (excludes halogenated alkanes) is 3. The number of aromatic hydroxyl groups is 1. The van der Waals surface area contributed by atoms with Crippen LogP contribution in [0.4, 0.5) is 0 Å².